The smallest absolute Gasteiger partial charge is 0.356 e. The Morgan fingerprint density at radius 3 is 3.00 bits per heavy atom. The van der Waals surface area contributed by atoms with Crippen LogP contribution in [0.4, 0.5) is 0 Å². The summed E-state index contributed by atoms with van der Waals surface area (Å²) in [6.45, 7) is 0. The lowest BCUT2D eigenvalue weighted by Gasteiger charge is -2.00. The van der Waals surface area contributed by atoms with E-state index in [0.29, 0.717) is 5.82 Å². The van der Waals surface area contributed by atoms with Gasteiger partial charge >= 0.3 is 5.97 Å². The zero-order valence-electron chi connectivity index (χ0n) is 8.44. The third-order valence-electron chi connectivity index (χ3n) is 2.27. The standard InChI is InChI=1S/C10H6N4O2S/c15-10(16)7-1-3-14(13-7)8-6-2-4-17-9(6)12-5-11-8/h1-5H,(H,15,16). The number of fused-ring (bicyclic) bond motifs is 1. The first-order valence-electron chi connectivity index (χ1n) is 4.73. The average molecular weight is 246 g/mol. The Morgan fingerprint density at radius 2 is 2.24 bits per heavy atom. The largest absolute Gasteiger partial charge is 0.476 e. The fourth-order valence-electron chi connectivity index (χ4n) is 1.52. The van der Waals surface area contributed by atoms with Crippen molar-refractivity contribution in [1.29, 1.82) is 0 Å². The molecule has 3 aromatic heterocycles. The van der Waals surface area contributed by atoms with Gasteiger partial charge in [-0.15, -0.1) is 11.3 Å². The Kier molecular flexibility index (Phi) is 2.12. The van der Waals surface area contributed by atoms with Crippen molar-refractivity contribution in [1.82, 2.24) is 19.7 Å². The molecule has 3 rings (SSSR count). The Labute approximate surface area is 99.2 Å². The Balaban J connectivity index is 2.19. The quantitative estimate of drug-likeness (QED) is 0.742. The van der Waals surface area contributed by atoms with Crippen LogP contribution in [0.2, 0.25) is 0 Å². The molecular weight excluding hydrogens is 240 g/mol. The Morgan fingerprint density at radius 1 is 1.35 bits per heavy atom. The van der Waals surface area contributed by atoms with Crippen LogP contribution in [0.3, 0.4) is 0 Å². The number of hydrogen-bond donors (Lipinski definition) is 1. The number of carboxylic acids is 1. The van der Waals surface area contributed by atoms with Gasteiger partial charge in [0.2, 0.25) is 0 Å². The number of carbonyl (C=O) groups is 1. The lowest BCUT2D eigenvalue weighted by atomic mass is 10.4. The van der Waals surface area contributed by atoms with E-state index in [-0.39, 0.29) is 5.69 Å². The van der Waals surface area contributed by atoms with Gasteiger partial charge in [0.05, 0.1) is 5.39 Å². The second-order valence-electron chi connectivity index (χ2n) is 3.29. The molecule has 6 nitrogen and oxygen atoms in total. The lowest BCUT2D eigenvalue weighted by Crippen LogP contribution is -2.03. The fraction of sp³-hybridized carbons (Fsp3) is 0. The highest BCUT2D eigenvalue weighted by molar-refractivity contribution is 7.16. The summed E-state index contributed by atoms with van der Waals surface area (Å²) in [7, 11) is 0. The van der Waals surface area contributed by atoms with Gasteiger partial charge in [0.1, 0.15) is 11.2 Å². The van der Waals surface area contributed by atoms with E-state index in [4.69, 9.17) is 5.11 Å². The van der Waals surface area contributed by atoms with E-state index in [1.54, 1.807) is 6.20 Å². The van der Waals surface area contributed by atoms with Gasteiger partial charge in [0.15, 0.2) is 11.5 Å². The maximum absolute atomic E-state index is 10.8. The fourth-order valence-corrected chi connectivity index (χ4v) is 2.24. The second kappa shape index (κ2) is 3.63. The molecule has 0 aliphatic heterocycles. The molecule has 0 saturated carbocycles. The summed E-state index contributed by atoms with van der Waals surface area (Å²) in [6.07, 6.45) is 3.01. The van der Waals surface area contributed by atoms with Crippen LogP contribution >= 0.6 is 11.3 Å². The van der Waals surface area contributed by atoms with Crippen LogP contribution in [0.25, 0.3) is 16.0 Å². The Bertz CT molecular complexity index is 703. The first kappa shape index (κ1) is 9.91. The van der Waals surface area contributed by atoms with Crippen LogP contribution in [0.15, 0.2) is 30.0 Å². The minimum atomic E-state index is -1.06. The predicted molar refractivity (Wildman–Crippen MR) is 61.5 cm³/mol. The zero-order chi connectivity index (χ0) is 11.8. The molecule has 0 saturated heterocycles. The van der Waals surface area contributed by atoms with E-state index in [0.717, 1.165) is 10.2 Å². The van der Waals surface area contributed by atoms with Crippen LogP contribution in [0.1, 0.15) is 10.5 Å². The van der Waals surface area contributed by atoms with Crippen LogP contribution in [0.5, 0.6) is 0 Å². The molecule has 17 heavy (non-hydrogen) atoms. The average Bonchev–Trinajstić information content (AvgIpc) is 2.97. The number of hydrogen-bond acceptors (Lipinski definition) is 5. The highest BCUT2D eigenvalue weighted by Gasteiger charge is 2.11. The van der Waals surface area contributed by atoms with Crippen molar-refractivity contribution >= 4 is 27.5 Å². The highest BCUT2D eigenvalue weighted by atomic mass is 32.1. The van der Waals surface area contributed by atoms with Crippen LogP contribution in [-0.4, -0.2) is 30.8 Å². The molecule has 0 bridgehead atoms. The molecule has 0 aromatic carbocycles. The molecule has 0 fully saturated rings. The normalized spacial score (nSPS) is 10.8. The van der Waals surface area contributed by atoms with Crippen LogP contribution in [-0.2, 0) is 0 Å². The molecule has 0 aliphatic carbocycles. The maximum atomic E-state index is 10.8. The third-order valence-corrected chi connectivity index (χ3v) is 3.09. The van der Waals surface area contributed by atoms with Gasteiger partial charge in [0, 0.05) is 6.20 Å². The van der Waals surface area contributed by atoms with E-state index in [9.17, 15) is 4.79 Å². The van der Waals surface area contributed by atoms with E-state index in [2.05, 4.69) is 15.1 Å². The number of thiophene rings is 1. The van der Waals surface area contributed by atoms with Gasteiger partial charge in [-0.2, -0.15) is 5.10 Å². The van der Waals surface area contributed by atoms with Crippen molar-refractivity contribution < 1.29 is 9.90 Å². The molecule has 0 atom stereocenters. The zero-order valence-corrected chi connectivity index (χ0v) is 9.26. The number of rotatable bonds is 2. The van der Waals surface area contributed by atoms with Gasteiger partial charge in [-0.1, -0.05) is 0 Å². The van der Waals surface area contributed by atoms with Gasteiger partial charge in [-0.25, -0.2) is 19.4 Å². The molecule has 84 valence electrons. The Hall–Kier alpha value is -2.28. The summed E-state index contributed by atoms with van der Waals surface area (Å²) in [5.41, 5.74) is -0.00741. The molecule has 7 heteroatoms. The summed E-state index contributed by atoms with van der Waals surface area (Å²) in [4.78, 5) is 19.8. The lowest BCUT2D eigenvalue weighted by molar-refractivity contribution is 0.0690. The van der Waals surface area contributed by atoms with Gasteiger partial charge in [0.25, 0.3) is 0 Å². The van der Waals surface area contributed by atoms with Crippen LogP contribution in [0, 0.1) is 0 Å². The maximum Gasteiger partial charge on any atom is 0.356 e. The molecule has 1 N–H and O–H groups in total. The molecular formula is C10H6N4O2S. The summed E-state index contributed by atoms with van der Waals surface area (Å²) < 4.78 is 1.44. The molecule has 0 radical (unpaired) electrons. The van der Waals surface area contributed by atoms with E-state index < -0.39 is 5.97 Å². The van der Waals surface area contributed by atoms with E-state index in [1.165, 1.54) is 28.4 Å². The first-order chi connectivity index (χ1) is 8.25. The van der Waals surface area contributed by atoms with Crippen molar-refractivity contribution in [2.45, 2.75) is 0 Å². The van der Waals surface area contributed by atoms with Crippen molar-refractivity contribution in [3.05, 3.63) is 35.7 Å². The van der Waals surface area contributed by atoms with Crippen molar-refractivity contribution in [3.63, 3.8) is 0 Å². The van der Waals surface area contributed by atoms with Crippen LogP contribution < -0.4 is 0 Å². The van der Waals surface area contributed by atoms with Crippen molar-refractivity contribution in [3.8, 4) is 5.82 Å². The minimum Gasteiger partial charge on any atom is -0.476 e. The highest BCUT2D eigenvalue weighted by Crippen LogP contribution is 2.22. The summed E-state index contributed by atoms with van der Waals surface area (Å²) in [5.74, 6) is -0.469. The molecule has 3 heterocycles. The summed E-state index contributed by atoms with van der Waals surface area (Å²) in [6, 6.07) is 3.32. The van der Waals surface area contributed by atoms with Gasteiger partial charge in [-0.05, 0) is 17.5 Å². The minimum absolute atomic E-state index is 0.00741. The SMILES string of the molecule is O=C(O)c1ccn(-c2ncnc3sccc23)n1. The van der Waals surface area contributed by atoms with Gasteiger partial charge in [-0.3, -0.25) is 0 Å². The topological polar surface area (TPSA) is 80.9 Å². The molecule has 0 unspecified atom stereocenters. The number of aromatic carboxylic acids is 1. The van der Waals surface area contributed by atoms with Crippen molar-refractivity contribution in [2.75, 3.05) is 0 Å². The molecule has 0 amide bonds. The number of nitrogens with zero attached hydrogens (tertiary/aromatic N) is 4. The predicted octanol–water partition coefficient (Wildman–Crippen LogP) is 1.58. The van der Waals surface area contributed by atoms with E-state index >= 15 is 0 Å². The molecule has 0 spiro atoms. The molecule has 0 aliphatic rings. The number of carboxylic acid groups (broad SMARTS) is 1. The first-order valence-corrected chi connectivity index (χ1v) is 5.61. The summed E-state index contributed by atoms with van der Waals surface area (Å²) >= 11 is 1.50. The molecule has 3 aromatic rings. The number of aromatic nitrogens is 4. The van der Waals surface area contributed by atoms with Gasteiger partial charge < -0.3 is 5.11 Å². The monoisotopic (exact) mass is 246 g/mol. The summed E-state index contributed by atoms with van der Waals surface area (Å²) in [5, 5.41) is 15.5. The second-order valence-corrected chi connectivity index (χ2v) is 4.18. The van der Waals surface area contributed by atoms with Crippen molar-refractivity contribution in [2.24, 2.45) is 0 Å². The third kappa shape index (κ3) is 1.56. The van der Waals surface area contributed by atoms with E-state index in [1.807, 2.05) is 11.4 Å².